The molecule has 1 heterocycles. The van der Waals surface area contributed by atoms with Crippen LogP contribution < -0.4 is 10.1 Å². The molecule has 0 radical (unpaired) electrons. The van der Waals surface area contributed by atoms with Gasteiger partial charge in [-0.2, -0.15) is 0 Å². The fourth-order valence-electron chi connectivity index (χ4n) is 1.83. The minimum Gasteiger partial charge on any atom is -0.481 e. The molecule has 100 valence electrons. The molecule has 1 unspecified atom stereocenters. The standard InChI is InChI=1S/C13H13BrFN3O/c1-16-13(8-4-3-5-9(14)12(8)15)10-6-11(19-2)18-7-17-10/h3-7,13,16H,1-2H3. The molecule has 19 heavy (non-hydrogen) atoms. The Balaban J connectivity index is 2.46. The van der Waals surface area contributed by atoms with Gasteiger partial charge < -0.3 is 10.1 Å². The van der Waals surface area contributed by atoms with Gasteiger partial charge in [0, 0.05) is 11.6 Å². The van der Waals surface area contributed by atoms with Crippen LogP contribution in [0.1, 0.15) is 17.3 Å². The van der Waals surface area contributed by atoms with Crippen molar-refractivity contribution in [3.8, 4) is 5.88 Å². The number of nitrogens with zero attached hydrogens (tertiary/aromatic N) is 2. The molecule has 0 aliphatic carbocycles. The Bertz CT molecular complexity index is 580. The van der Waals surface area contributed by atoms with E-state index in [2.05, 4.69) is 31.2 Å². The van der Waals surface area contributed by atoms with Gasteiger partial charge in [0.2, 0.25) is 5.88 Å². The number of hydrogen-bond donors (Lipinski definition) is 1. The largest absolute Gasteiger partial charge is 0.481 e. The second kappa shape index (κ2) is 6.08. The number of ether oxygens (including phenoxy) is 1. The first-order chi connectivity index (χ1) is 9.17. The summed E-state index contributed by atoms with van der Waals surface area (Å²) in [5.41, 5.74) is 1.16. The molecule has 2 aromatic rings. The lowest BCUT2D eigenvalue weighted by Gasteiger charge is -2.17. The Morgan fingerprint density at radius 1 is 1.37 bits per heavy atom. The molecule has 0 aliphatic rings. The van der Waals surface area contributed by atoms with E-state index in [1.165, 1.54) is 13.4 Å². The Labute approximate surface area is 119 Å². The van der Waals surface area contributed by atoms with Crippen LogP contribution in [0, 0.1) is 5.82 Å². The summed E-state index contributed by atoms with van der Waals surface area (Å²) in [4.78, 5) is 8.11. The van der Waals surface area contributed by atoms with E-state index < -0.39 is 0 Å². The molecule has 0 saturated carbocycles. The Hall–Kier alpha value is -1.53. The van der Waals surface area contributed by atoms with Crippen LogP contribution in [0.3, 0.4) is 0 Å². The normalized spacial score (nSPS) is 12.2. The first kappa shape index (κ1) is 13.9. The van der Waals surface area contributed by atoms with E-state index in [0.29, 0.717) is 21.6 Å². The van der Waals surface area contributed by atoms with Gasteiger partial charge in [0.1, 0.15) is 12.1 Å². The van der Waals surface area contributed by atoms with Crippen LogP contribution in [0.4, 0.5) is 4.39 Å². The van der Waals surface area contributed by atoms with Gasteiger partial charge in [0.05, 0.1) is 23.3 Å². The van der Waals surface area contributed by atoms with E-state index >= 15 is 0 Å². The average Bonchev–Trinajstić information content (AvgIpc) is 2.44. The minimum absolute atomic E-state index is 0.306. The maximum Gasteiger partial charge on any atom is 0.216 e. The van der Waals surface area contributed by atoms with E-state index in [-0.39, 0.29) is 11.9 Å². The van der Waals surface area contributed by atoms with Crippen molar-refractivity contribution in [3.63, 3.8) is 0 Å². The van der Waals surface area contributed by atoms with E-state index in [4.69, 9.17) is 4.74 Å². The number of nitrogens with one attached hydrogen (secondary N) is 1. The Morgan fingerprint density at radius 2 is 2.16 bits per heavy atom. The molecule has 1 atom stereocenters. The van der Waals surface area contributed by atoms with Gasteiger partial charge in [-0.25, -0.2) is 14.4 Å². The average molecular weight is 326 g/mol. The van der Waals surface area contributed by atoms with Gasteiger partial charge >= 0.3 is 0 Å². The third-order valence-corrected chi connectivity index (χ3v) is 3.36. The molecular weight excluding hydrogens is 313 g/mol. The van der Waals surface area contributed by atoms with Crippen molar-refractivity contribution >= 4 is 15.9 Å². The van der Waals surface area contributed by atoms with E-state index in [9.17, 15) is 4.39 Å². The number of aromatic nitrogens is 2. The molecule has 0 saturated heterocycles. The lowest BCUT2D eigenvalue weighted by atomic mass is 10.0. The number of rotatable bonds is 4. The first-order valence-corrected chi connectivity index (χ1v) is 6.43. The summed E-state index contributed by atoms with van der Waals surface area (Å²) in [6.45, 7) is 0. The van der Waals surface area contributed by atoms with Gasteiger partial charge in [-0.3, -0.25) is 0 Å². The van der Waals surface area contributed by atoms with Crippen LogP contribution in [0.5, 0.6) is 5.88 Å². The summed E-state index contributed by atoms with van der Waals surface area (Å²) in [5.74, 6) is 0.139. The molecule has 2 rings (SSSR count). The quantitative estimate of drug-likeness (QED) is 0.938. The zero-order chi connectivity index (χ0) is 13.8. The fraction of sp³-hybridized carbons (Fsp3) is 0.231. The van der Waals surface area contributed by atoms with Gasteiger partial charge in [-0.05, 0) is 29.0 Å². The van der Waals surface area contributed by atoms with E-state index in [0.717, 1.165) is 0 Å². The van der Waals surface area contributed by atoms with Crippen LogP contribution in [-0.4, -0.2) is 24.1 Å². The second-order valence-electron chi connectivity index (χ2n) is 3.85. The lowest BCUT2D eigenvalue weighted by Crippen LogP contribution is -2.20. The van der Waals surface area contributed by atoms with Gasteiger partial charge in [-0.1, -0.05) is 12.1 Å². The molecule has 0 spiro atoms. The second-order valence-corrected chi connectivity index (χ2v) is 4.70. The monoisotopic (exact) mass is 325 g/mol. The molecule has 4 nitrogen and oxygen atoms in total. The van der Waals surface area contributed by atoms with Crippen LogP contribution in [-0.2, 0) is 0 Å². The third kappa shape index (κ3) is 2.90. The van der Waals surface area contributed by atoms with Gasteiger partial charge in [-0.15, -0.1) is 0 Å². The van der Waals surface area contributed by atoms with Crippen molar-refractivity contribution in [2.24, 2.45) is 0 Å². The molecule has 1 aromatic carbocycles. The summed E-state index contributed by atoms with van der Waals surface area (Å²) in [6, 6.07) is 6.48. The van der Waals surface area contributed by atoms with Crippen molar-refractivity contribution < 1.29 is 9.13 Å². The van der Waals surface area contributed by atoms with Crippen LogP contribution >= 0.6 is 15.9 Å². The van der Waals surface area contributed by atoms with Gasteiger partial charge in [0.15, 0.2) is 0 Å². The van der Waals surface area contributed by atoms with Crippen molar-refractivity contribution in [1.29, 1.82) is 0 Å². The van der Waals surface area contributed by atoms with E-state index in [1.807, 2.05) is 0 Å². The smallest absolute Gasteiger partial charge is 0.216 e. The minimum atomic E-state index is -0.366. The number of benzene rings is 1. The van der Waals surface area contributed by atoms with Crippen LogP contribution in [0.25, 0.3) is 0 Å². The molecule has 0 aliphatic heterocycles. The predicted molar refractivity (Wildman–Crippen MR) is 73.6 cm³/mol. The van der Waals surface area contributed by atoms with Crippen molar-refractivity contribution in [2.75, 3.05) is 14.2 Å². The number of halogens is 2. The molecule has 0 bridgehead atoms. The molecule has 1 aromatic heterocycles. The fourth-order valence-corrected chi connectivity index (χ4v) is 2.21. The summed E-state index contributed by atoms with van der Waals surface area (Å²) >= 11 is 3.18. The highest BCUT2D eigenvalue weighted by Crippen LogP contribution is 2.27. The highest BCUT2D eigenvalue weighted by molar-refractivity contribution is 9.10. The van der Waals surface area contributed by atoms with Crippen LogP contribution in [0.2, 0.25) is 0 Å². The van der Waals surface area contributed by atoms with Crippen LogP contribution in [0.15, 0.2) is 35.1 Å². The topological polar surface area (TPSA) is 47.0 Å². The molecular formula is C13H13BrFN3O. The maximum absolute atomic E-state index is 14.1. The predicted octanol–water partition coefficient (Wildman–Crippen LogP) is 2.70. The zero-order valence-electron chi connectivity index (χ0n) is 10.5. The molecule has 1 N–H and O–H groups in total. The lowest BCUT2D eigenvalue weighted by molar-refractivity contribution is 0.395. The zero-order valence-corrected chi connectivity index (χ0v) is 12.1. The number of methoxy groups -OCH3 is 1. The molecule has 0 fully saturated rings. The highest BCUT2D eigenvalue weighted by Gasteiger charge is 2.19. The van der Waals surface area contributed by atoms with Crippen molar-refractivity contribution in [2.45, 2.75) is 6.04 Å². The molecule has 6 heteroatoms. The summed E-state index contributed by atoms with van der Waals surface area (Å²) in [5, 5.41) is 3.05. The summed E-state index contributed by atoms with van der Waals surface area (Å²) < 4.78 is 19.6. The Morgan fingerprint density at radius 3 is 2.84 bits per heavy atom. The third-order valence-electron chi connectivity index (χ3n) is 2.75. The summed E-state index contributed by atoms with van der Waals surface area (Å²) in [6.07, 6.45) is 1.40. The highest BCUT2D eigenvalue weighted by atomic mass is 79.9. The van der Waals surface area contributed by atoms with E-state index in [1.54, 1.807) is 31.3 Å². The molecule has 0 amide bonds. The first-order valence-electron chi connectivity index (χ1n) is 5.64. The van der Waals surface area contributed by atoms with Crippen molar-refractivity contribution in [1.82, 2.24) is 15.3 Å². The Kier molecular flexibility index (Phi) is 4.44. The SMILES string of the molecule is CNC(c1cc(OC)ncn1)c1cccc(Br)c1F. The maximum atomic E-state index is 14.1. The van der Waals surface area contributed by atoms with Crippen molar-refractivity contribution in [3.05, 3.63) is 52.1 Å². The van der Waals surface area contributed by atoms with Gasteiger partial charge in [0.25, 0.3) is 0 Å². The summed E-state index contributed by atoms with van der Waals surface area (Å²) in [7, 11) is 3.28. The number of hydrogen-bond acceptors (Lipinski definition) is 4.